The van der Waals surface area contributed by atoms with Crippen LogP contribution < -0.4 is 16.4 Å². The zero-order chi connectivity index (χ0) is 17.1. The molecule has 0 aliphatic carbocycles. The first-order valence-corrected chi connectivity index (χ1v) is 7.77. The van der Waals surface area contributed by atoms with E-state index in [2.05, 4.69) is 15.6 Å². The molecule has 0 unspecified atom stereocenters. The fourth-order valence-corrected chi connectivity index (χ4v) is 2.52. The van der Waals surface area contributed by atoms with Gasteiger partial charge >= 0.3 is 5.76 Å². The van der Waals surface area contributed by atoms with Gasteiger partial charge in [0.2, 0.25) is 5.91 Å². The van der Waals surface area contributed by atoms with Crippen LogP contribution in [0.3, 0.4) is 0 Å². The van der Waals surface area contributed by atoms with Gasteiger partial charge in [-0.1, -0.05) is 30.3 Å². The summed E-state index contributed by atoms with van der Waals surface area (Å²) < 4.78 is 4.96. The zero-order valence-electron chi connectivity index (χ0n) is 13.5. The molecule has 0 aliphatic rings. The van der Waals surface area contributed by atoms with Crippen LogP contribution in [0, 0.1) is 0 Å². The van der Waals surface area contributed by atoms with E-state index in [4.69, 9.17) is 4.42 Å². The first-order valence-electron chi connectivity index (χ1n) is 7.77. The van der Waals surface area contributed by atoms with Gasteiger partial charge < -0.3 is 15.1 Å². The summed E-state index contributed by atoms with van der Waals surface area (Å²) in [6, 6.07) is 14.5. The highest BCUT2D eigenvalue weighted by atomic mass is 16.4. The van der Waals surface area contributed by atoms with Crippen LogP contribution in [-0.2, 0) is 4.79 Å². The zero-order valence-corrected chi connectivity index (χ0v) is 13.5. The summed E-state index contributed by atoms with van der Waals surface area (Å²) in [7, 11) is 0. The molecule has 0 saturated carbocycles. The van der Waals surface area contributed by atoms with Crippen LogP contribution >= 0.6 is 0 Å². The molecule has 0 radical (unpaired) electrons. The molecule has 6 nitrogen and oxygen atoms in total. The molecule has 3 rings (SSSR count). The SMILES string of the molecule is C[C@H](Nc1ccc2oc(=O)[nH]c2c1)C(=O)N[C@@H](C)c1ccccc1. The number of carbonyl (C=O) groups excluding carboxylic acids is 1. The molecule has 0 spiro atoms. The van der Waals surface area contributed by atoms with Gasteiger partial charge in [-0.25, -0.2) is 4.79 Å². The van der Waals surface area contributed by atoms with Gasteiger partial charge in [-0.2, -0.15) is 0 Å². The average molecular weight is 325 g/mol. The molecular weight excluding hydrogens is 306 g/mol. The van der Waals surface area contributed by atoms with Crippen LogP contribution in [0.1, 0.15) is 25.5 Å². The molecule has 2 atom stereocenters. The van der Waals surface area contributed by atoms with E-state index in [0.717, 1.165) is 11.3 Å². The Morgan fingerprint density at radius 1 is 1.12 bits per heavy atom. The number of aromatic amines is 1. The molecule has 1 aromatic heterocycles. The van der Waals surface area contributed by atoms with Gasteiger partial charge in [0.1, 0.15) is 6.04 Å². The Kier molecular flexibility index (Phi) is 4.37. The Labute approximate surface area is 138 Å². The Morgan fingerprint density at radius 2 is 1.88 bits per heavy atom. The fourth-order valence-electron chi connectivity index (χ4n) is 2.52. The number of rotatable bonds is 5. The van der Waals surface area contributed by atoms with E-state index in [-0.39, 0.29) is 11.9 Å². The Bertz CT molecular complexity index is 899. The van der Waals surface area contributed by atoms with E-state index in [0.29, 0.717) is 11.1 Å². The third kappa shape index (κ3) is 3.48. The number of H-pyrrole nitrogens is 1. The average Bonchev–Trinajstić information content (AvgIpc) is 2.94. The van der Waals surface area contributed by atoms with Gasteiger partial charge in [-0.15, -0.1) is 0 Å². The van der Waals surface area contributed by atoms with E-state index < -0.39 is 11.8 Å². The predicted octanol–water partition coefficient (Wildman–Crippen LogP) is 2.80. The Balaban J connectivity index is 1.65. The van der Waals surface area contributed by atoms with Crippen LogP contribution in [0.5, 0.6) is 0 Å². The molecule has 1 amide bonds. The van der Waals surface area contributed by atoms with Crippen molar-refractivity contribution >= 4 is 22.7 Å². The molecule has 0 fully saturated rings. The minimum absolute atomic E-state index is 0.0735. The quantitative estimate of drug-likeness (QED) is 0.673. The highest BCUT2D eigenvalue weighted by Crippen LogP contribution is 2.17. The van der Waals surface area contributed by atoms with Crippen LogP contribution in [0.2, 0.25) is 0 Å². The van der Waals surface area contributed by atoms with Gasteiger partial charge in [0, 0.05) is 5.69 Å². The van der Waals surface area contributed by atoms with Crippen molar-refractivity contribution in [3.8, 4) is 0 Å². The topological polar surface area (TPSA) is 87.1 Å². The van der Waals surface area contributed by atoms with E-state index in [1.54, 1.807) is 25.1 Å². The van der Waals surface area contributed by atoms with Gasteiger partial charge in [-0.3, -0.25) is 9.78 Å². The molecule has 1 heterocycles. The van der Waals surface area contributed by atoms with Crippen LogP contribution in [0.4, 0.5) is 5.69 Å². The third-order valence-corrected chi connectivity index (χ3v) is 3.85. The molecule has 2 aromatic carbocycles. The maximum absolute atomic E-state index is 12.3. The number of hydrogen-bond acceptors (Lipinski definition) is 4. The van der Waals surface area contributed by atoms with Crippen molar-refractivity contribution in [3.63, 3.8) is 0 Å². The first kappa shape index (κ1) is 15.9. The molecule has 0 bridgehead atoms. The molecule has 0 saturated heterocycles. The lowest BCUT2D eigenvalue weighted by molar-refractivity contribution is -0.122. The molecule has 124 valence electrons. The second kappa shape index (κ2) is 6.62. The second-order valence-electron chi connectivity index (χ2n) is 5.73. The number of carbonyl (C=O) groups is 1. The number of amides is 1. The van der Waals surface area contributed by atoms with Crippen molar-refractivity contribution in [2.75, 3.05) is 5.32 Å². The number of hydrogen-bond donors (Lipinski definition) is 3. The highest BCUT2D eigenvalue weighted by molar-refractivity contribution is 5.85. The smallest absolute Gasteiger partial charge is 0.408 e. The summed E-state index contributed by atoms with van der Waals surface area (Å²) in [4.78, 5) is 26.1. The number of benzene rings is 2. The summed E-state index contributed by atoms with van der Waals surface area (Å²) in [5.74, 6) is -0.600. The number of aromatic nitrogens is 1. The van der Waals surface area contributed by atoms with E-state index in [1.165, 1.54) is 0 Å². The lowest BCUT2D eigenvalue weighted by Crippen LogP contribution is -2.38. The van der Waals surface area contributed by atoms with Crippen LogP contribution in [-0.4, -0.2) is 16.9 Å². The van der Waals surface area contributed by atoms with Gasteiger partial charge in [-0.05, 0) is 37.6 Å². The summed E-state index contributed by atoms with van der Waals surface area (Å²) in [5, 5.41) is 6.10. The minimum atomic E-state index is -0.496. The molecule has 0 aliphatic heterocycles. The number of anilines is 1. The summed E-state index contributed by atoms with van der Waals surface area (Å²) in [6.07, 6.45) is 0. The van der Waals surface area contributed by atoms with Crippen molar-refractivity contribution in [2.24, 2.45) is 0 Å². The summed E-state index contributed by atoms with van der Waals surface area (Å²) >= 11 is 0. The van der Waals surface area contributed by atoms with Crippen LogP contribution in [0.25, 0.3) is 11.1 Å². The highest BCUT2D eigenvalue weighted by Gasteiger charge is 2.16. The van der Waals surface area contributed by atoms with Crippen molar-refractivity contribution in [1.29, 1.82) is 0 Å². The predicted molar refractivity (Wildman–Crippen MR) is 92.9 cm³/mol. The lowest BCUT2D eigenvalue weighted by Gasteiger charge is -2.19. The van der Waals surface area contributed by atoms with Crippen molar-refractivity contribution in [2.45, 2.75) is 25.9 Å². The lowest BCUT2D eigenvalue weighted by atomic mass is 10.1. The molecule has 6 heteroatoms. The summed E-state index contributed by atoms with van der Waals surface area (Å²) in [6.45, 7) is 3.73. The monoisotopic (exact) mass is 325 g/mol. The number of nitrogens with one attached hydrogen (secondary N) is 3. The standard InChI is InChI=1S/C18H19N3O3/c1-11(13-6-4-3-5-7-13)20-17(22)12(2)19-14-8-9-16-15(10-14)21-18(23)24-16/h3-12,19H,1-2H3,(H,20,22)(H,21,23)/t11-,12-/m0/s1. The Hall–Kier alpha value is -3.02. The van der Waals surface area contributed by atoms with Crippen molar-refractivity contribution in [1.82, 2.24) is 10.3 Å². The molecule has 3 N–H and O–H groups in total. The molecular formula is C18H19N3O3. The van der Waals surface area contributed by atoms with Gasteiger partial charge in [0.15, 0.2) is 5.58 Å². The molecule has 3 aromatic rings. The van der Waals surface area contributed by atoms with E-state index >= 15 is 0 Å². The summed E-state index contributed by atoms with van der Waals surface area (Å²) in [5.41, 5.74) is 2.86. The Morgan fingerprint density at radius 3 is 2.62 bits per heavy atom. The van der Waals surface area contributed by atoms with Crippen LogP contribution in [0.15, 0.2) is 57.7 Å². The van der Waals surface area contributed by atoms with Gasteiger partial charge in [0.05, 0.1) is 11.6 Å². The number of fused-ring (bicyclic) bond motifs is 1. The van der Waals surface area contributed by atoms with E-state index in [1.807, 2.05) is 37.3 Å². The van der Waals surface area contributed by atoms with Crippen molar-refractivity contribution in [3.05, 3.63) is 64.6 Å². The third-order valence-electron chi connectivity index (χ3n) is 3.85. The van der Waals surface area contributed by atoms with Gasteiger partial charge in [0.25, 0.3) is 0 Å². The van der Waals surface area contributed by atoms with E-state index in [9.17, 15) is 9.59 Å². The molecule has 24 heavy (non-hydrogen) atoms. The first-order chi connectivity index (χ1) is 11.5. The maximum atomic E-state index is 12.3. The largest absolute Gasteiger partial charge is 0.417 e. The van der Waals surface area contributed by atoms with Crippen molar-refractivity contribution < 1.29 is 9.21 Å². The maximum Gasteiger partial charge on any atom is 0.417 e. The normalized spacial score (nSPS) is 13.4. The number of oxazole rings is 1. The minimum Gasteiger partial charge on any atom is -0.408 e. The second-order valence-corrected chi connectivity index (χ2v) is 5.73. The fraction of sp³-hybridized carbons (Fsp3) is 0.222.